The normalized spacial score (nSPS) is 18.1. The molecule has 2 atom stereocenters. The van der Waals surface area contributed by atoms with Crippen LogP contribution in [0.3, 0.4) is 0 Å². The zero-order valence-corrected chi connectivity index (χ0v) is 21.3. The topological polar surface area (TPSA) is 52.5 Å². The van der Waals surface area contributed by atoms with Crippen molar-refractivity contribution < 1.29 is 18.9 Å². The second-order valence-corrected chi connectivity index (χ2v) is 9.20. The minimum Gasteiger partial charge on any atom is -0.497 e. The van der Waals surface area contributed by atoms with E-state index < -0.39 is 0 Å². The lowest BCUT2D eigenvalue weighted by Crippen LogP contribution is -2.33. The second-order valence-electron chi connectivity index (χ2n) is 9.20. The fraction of sp³-hybridized carbons (Fsp3) is 0.367. The Labute approximate surface area is 213 Å². The van der Waals surface area contributed by atoms with Crippen LogP contribution in [0, 0.1) is 0 Å². The molecule has 6 heteroatoms. The van der Waals surface area contributed by atoms with Crippen molar-refractivity contribution in [3.05, 3.63) is 83.4 Å². The zero-order chi connectivity index (χ0) is 24.9. The quantitative estimate of drug-likeness (QED) is 0.292. The first kappa shape index (κ1) is 24.0. The Morgan fingerprint density at radius 3 is 2.39 bits per heavy atom. The van der Waals surface area contributed by atoms with Crippen LogP contribution in [-0.2, 0) is 0 Å². The Balaban J connectivity index is 1.42. The minimum atomic E-state index is -0.367. The molecule has 6 nitrogen and oxygen atoms in total. The number of fused-ring (bicyclic) bond motifs is 3. The summed E-state index contributed by atoms with van der Waals surface area (Å²) in [5.41, 5.74) is 4.22. The molecule has 2 heterocycles. The number of rotatable bonds is 10. The van der Waals surface area contributed by atoms with Gasteiger partial charge in [-0.3, -0.25) is 0 Å². The highest BCUT2D eigenvalue weighted by Gasteiger charge is 2.42. The van der Waals surface area contributed by atoms with Crippen LogP contribution in [0.1, 0.15) is 68.0 Å². The number of benzene rings is 3. The number of hydrazone groups is 1. The van der Waals surface area contributed by atoms with Crippen molar-refractivity contribution in [3.8, 4) is 23.0 Å². The number of unbranched alkanes of at least 4 members (excludes halogenated alkanes) is 3. The van der Waals surface area contributed by atoms with Crippen LogP contribution in [0.5, 0.6) is 23.0 Å². The summed E-state index contributed by atoms with van der Waals surface area (Å²) in [4.78, 5) is 0. The molecule has 188 valence electrons. The predicted octanol–water partition coefficient (Wildman–Crippen LogP) is 6.91. The van der Waals surface area contributed by atoms with E-state index >= 15 is 0 Å². The van der Waals surface area contributed by atoms with E-state index in [2.05, 4.69) is 42.3 Å². The number of hydrogen-bond acceptors (Lipinski definition) is 6. The molecule has 0 N–H and O–H groups in total. The van der Waals surface area contributed by atoms with Crippen LogP contribution in [0.2, 0.25) is 0 Å². The molecule has 3 aromatic rings. The van der Waals surface area contributed by atoms with E-state index in [-0.39, 0.29) is 12.3 Å². The Morgan fingerprint density at radius 2 is 1.67 bits per heavy atom. The first-order valence-corrected chi connectivity index (χ1v) is 12.8. The van der Waals surface area contributed by atoms with E-state index in [0.29, 0.717) is 0 Å². The molecule has 0 fully saturated rings. The maximum absolute atomic E-state index is 6.57. The molecule has 0 saturated heterocycles. The molecule has 5 rings (SSSR count). The standard InChI is InChI=1S/C30H34N2O4/c1-4-5-6-7-19-35-24-17-13-22(14-18-24)30-32-27(25-9-8-10-28(34-3)29(25)36-30)20-26(31-32)21-11-15-23(33-2)16-12-21/h8-18,27,30H,4-7,19-20H2,1-3H3/t27-,30-/m0/s1. The van der Waals surface area contributed by atoms with Crippen molar-refractivity contribution >= 4 is 5.71 Å². The van der Waals surface area contributed by atoms with E-state index in [4.69, 9.17) is 24.0 Å². The summed E-state index contributed by atoms with van der Waals surface area (Å²) in [6.45, 7) is 2.96. The van der Waals surface area contributed by atoms with Gasteiger partial charge in [-0.1, -0.05) is 38.3 Å². The van der Waals surface area contributed by atoms with E-state index in [1.807, 2.05) is 36.4 Å². The summed E-state index contributed by atoms with van der Waals surface area (Å²) >= 11 is 0. The molecule has 0 bridgehead atoms. The van der Waals surface area contributed by atoms with E-state index in [1.54, 1.807) is 14.2 Å². The van der Waals surface area contributed by atoms with Gasteiger partial charge in [-0.2, -0.15) is 5.10 Å². The lowest BCUT2D eigenvalue weighted by atomic mass is 9.95. The van der Waals surface area contributed by atoms with Gasteiger partial charge in [-0.15, -0.1) is 0 Å². The van der Waals surface area contributed by atoms with Gasteiger partial charge in [0, 0.05) is 17.5 Å². The van der Waals surface area contributed by atoms with Gasteiger partial charge >= 0.3 is 0 Å². The van der Waals surface area contributed by atoms with Crippen molar-refractivity contribution in [2.45, 2.75) is 51.3 Å². The van der Waals surface area contributed by atoms with Gasteiger partial charge in [0.2, 0.25) is 6.23 Å². The largest absolute Gasteiger partial charge is 0.497 e. The highest BCUT2D eigenvalue weighted by Crippen LogP contribution is 2.50. The molecule has 2 aliphatic rings. The maximum Gasteiger partial charge on any atom is 0.214 e. The monoisotopic (exact) mass is 486 g/mol. The SMILES string of the molecule is CCCCCCOc1ccc([C@@H]2Oc3c(OC)cccc3[C@@H]3CC(c4ccc(OC)cc4)=NN32)cc1. The number of hydrogen-bond donors (Lipinski definition) is 0. The van der Waals surface area contributed by atoms with Gasteiger partial charge < -0.3 is 18.9 Å². The minimum absolute atomic E-state index is 0.0560. The zero-order valence-electron chi connectivity index (χ0n) is 21.3. The first-order valence-electron chi connectivity index (χ1n) is 12.8. The van der Waals surface area contributed by atoms with Crippen LogP contribution in [-0.4, -0.2) is 31.5 Å². The molecule has 0 spiro atoms. The van der Waals surface area contributed by atoms with Gasteiger partial charge in [0.25, 0.3) is 0 Å². The van der Waals surface area contributed by atoms with Crippen LogP contribution < -0.4 is 18.9 Å². The number of para-hydroxylation sites is 1. The summed E-state index contributed by atoms with van der Waals surface area (Å²) in [5, 5.41) is 7.15. The van der Waals surface area contributed by atoms with E-state index in [0.717, 1.165) is 64.8 Å². The van der Waals surface area contributed by atoms with Gasteiger partial charge in [0.15, 0.2) is 11.5 Å². The van der Waals surface area contributed by atoms with Crippen LogP contribution in [0.25, 0.3) is 0 Å². The smallest absolute Gasteiger partial charge is 0.214 e. The first-order chi connectivity index (χ1) is 17.7. The third-order valence-electron chi connectivity index (χ3n) is 6.86. The fourth-order valence-electron chi connectivity index (χ4n) is 4.87. The molecule has 0 radical (unpaired) electrons. The Bertz CT molecular complexity index is 1190. The van der Waals surface area contributed by atoms with Gasteiger partial charge in [0.05, 0.1) is 32.6 Å². The average molecular weight is 487 g/mol. The van der Waals surface area contributed by atoms with Gasteiger partial charge in [0.1, 0.15) is 11.5 Å². The van der Waals surface area contributed by atoms with Crippen molar-refractivity contribution in [2.75, 3.05) is 20.8 Å². The predicted molar refractivity (Wildman–Crippen MR) is 141 cm³/mol. The molecule has 0 unspecified atom stereocenters. The third kappa shape index (κ3) is 4.85. The van der Waals surface area contributed by atoms with E-state index in [9.17, 15) is 0 Å². The Kier molecular flexibility index (Phi) is 7.31. The summed E-state index contributed by atoms with van der Waals surface area (Å²) in [7, 11) is 3.36. The van der Waals surface area contributed by atoms with Gasteiger partial charge in [-0.05, 0) is 66.6 Å². The summed E-state index contributed by atoms with van der Waals surface area (Å²) in [6.07, 6.45) is 5.18. The molecule has 0 aromatic heterocycles. The van der Waals surface area contributed by atoms with Gasteiger partial charge in [-0.25, -0.2) is 5.01 Å². The molecule has 0 amide bonds. The highest BCUT2D eigenvalue weighted by molar-refractivity contribution is 6.02. The average Bonchev–Trinajstić information content (AvgIpc) is 3.38. The molecule has 2 aliphatic heterocycles. The third-order valence-corrected chi connectivity index (χ3v) is 6.86. The van der Waals surface area contributed by atoms with Crippen molar-refractivity contribution in [1.29, 1.82) is 0 Å². The Hall–Kier alpha value is -3.67. The molecule has 0 saturated carbocycles. The van der Waals surface area contributed by atoms with Crippen LogP contribution >= 0.6 is 0 Å². The van der Waals surface area contributed by atoms with E-state index in [1.165, 1.54) is 19.3 Å². The number of nitrogens with zero attached hydrogens (tertiary/aromatic N) is 2. The summed E-state index contributed by atoms with van der Waals surface area (Å²) < 4.78 is 23.5. The lowest BCUT2D eigenvalue weighted by molar-refractivity contribution is -0.0209. The summed E-state index contributed by atoms with van der Waals surface area (Å²) in [5.74, 6) is 3.24. The molecule has 36 heavy (non-hydrogen) atoms. The molecule has 3 aromatic carbocycles. The lowest BCUT2D eigenvalue weighted by Gasteiger charge is -2.38. The van der Waals surface area contributed by atoms with Crippen molar-refractivity contribution in [3.63, 3.8) is 0 Å². The molecular formula is C30H34N2O4. The molecule has 0 aliphatic carbocycles. The summed E-state index contributed by atoms with van der Waals surface area (Å²) in [6, 6.07) is 22.4. The Morgan fingerprint density at radius 1 is 0.889 bits per heavy atom. The fourth-order valence-corrected chi connectivity index (χ4v) is 4.87. The number of methoxy groups -OCH3 is 2. The second kappa shape index (κ2) is 10.9. The molecular weight excluding hydrogens is 452 g/mol. The number of ether oxygens (including phenoxy) is 4. The maximum atomic E-state index is 6.57. The van der Waals surface area contributed by atoms with Crippen molar-refractivity contribution in [2.24, 2.45) is 5.10 Å². The highest BCUT2D eigenvalue weighted by atomic mass is 16.5. The van der Waals surface area contributed by atoms with Crippen molar-refractivity contribution in [1.82, 2.24) is 5.01 Å². The van der Waals surface area contributed by atoms with Crippen LogP contribution in [0.4, 0.5) is 0 Å². The van der Waals surface area contributed by atoms with Crippen LogP contribution in [0.15, 0.2) is 71.8 Å².